The smallest absolute Gasteiger partial charge is 0.306 e. The van der Waals surface area contributed by atoms with Crippen LogP contribution < -0.4 is 0 Å². The zero-order chi connectivity index (χ0) is 24.2. The van der Waals surface area contributed by atoms with Crippen molar-refractivity contribution in [2.75, 3.05) is 6.61 Å². The number of aliphatic hydroxyl groups is 2. The molecule has 0 heterocycles. The fourth-order valence-electron chi connectivity index (χ4n) is 7.48. The van der Waals surface area contributed by atoms with Crippen molar-refractivity contribution >= 4 is 17.7 Å². The molecule has 0 amide bonds. The van der Waals surface area contributed by atoms with Gasteiger partial charge in [0.1, 0.15) is 5.60 Å². The molecule has 3 N–H and O–H groups in total. The molecule has 4 aliphatic carbocycles. The van der Waals surface area contributed by atoms with E-state index in [9.17, 15) is 24.6 Å². The van der Waals surface area contributed by atoms with Crippen molar-refractivity contribution in [1.29, 1.82) is 0 Å². The van der Waals surface area contributed by atoms with E-state index in [2.05, 4.69) is 13.0 Å². The molecule has 2 saturated carbocycles. The van der Waals surface area contributed by atoms with E-state index in [-0.39, 0.29) is 42.1 Å². The van der Waals surface area contributed by atoms with Crippen LogP contribution in [0.25, 0.3) is 0 Å². The number of ketones is 1. The molecule has 0 aliphatic heterocycles. The molecule has 0 aromatic rings. The number of hydrogen-bond acceptors (Lipinski definition) is 6. The van der Waals surface area contributed by atoms with Gasteiger partial charge in [0.05, 0.1) is 18.9 Å². The number of carbonyl (C=O) groups excluding carboxylic acids is 2. The molecule has 2 fully saturated rings. The zero-order valence-corrected chi connectivity index (χ0v) is 19.8. The SMILES string of the molecule is C[C@H]1CC2C3CCC4=CC(O)CC[C@]4(C)C3=CC[C@]2(C)[C@@]1(O)C(=O)COC(=O)CCC(=O)O. The number of hydrogen-bond donors (Lipinski definition) is 3. The fraction of sp³-hybridized carbons (Fsp3) is 0.731. The summed E-state index contributed by atoms with van der Waals surface area (Å²) >= 11 is 0. The van der Waals surface area contributed by atoms with Gasteiger partial charge in [-0.15, -0.1) is 0 Å². The summed E-state index contributed by atoms with van der Waals surface area (Å²) in [6.07, 6.45) is 8.08. The van der Waals surface area contributed by atoms with Gasteiger partial charge in [-0.3, -0.25) is 14.4 Å². The van der Waals surface area contributed by atoms with Crippen molar-refractivity contribution < 1.29 is 34.4 Å². The number of carbonyl (C=O) groups is 3. The average molecular weight is 461 g/mol. The van der Waals surface area contributed by atoms with Gasteiger partial charge in [0.2, 0.25) is 5.78 Å². The van der Waals surface area contributed by atoms with Crippen LogP contribution in [0, 0.1) is 28.6 Å². The van der Waals surface area contributed by atoms with Gasteiger partial charge in [-0.25, -0.2) is 0 Å². The molecule has 0 saturated heterocycles. The highest BCUT2D eigenvalue weighted by Gasteiger charge is 2.67. The summed E-state index contributed by atoms with van der Waals surface area (Å²) in [6.45, 7) is 5.64. The van der Waals surface area contributed by atoms with Crippen molar-refractivity contribution in [2.24, 2.45) is 28.6 Å². The molecular weight excluding hydrogens is 424 g/mol. The maximum absolute atomic E-state index is 13.3. The lowest BCUT2D eigenvalue weighted by molar-refractivity contribution is -0.168. The number of aliphatic carboxylic acids is 1. The van der Waals surface area contributed by atoms with Gasteiger partial charge in [-0.1, -0.05) is 44.1 Å². The number of allylic oxidation sites excluding steroid dienone is 3. The number of aliphatic hydroxyl groups excluding tert-OH is 1. The van der Waals surface area contributed by atoms with E-state index in [1.54, 1.807) is 0 Å². The minimum Gasteiger partial charge on any atom is -0.481 e. The Morgan fingerprint density at radius 3 is 2.61 bits per heavy atom. The number of carboxylic acids is 1. The van der Waals surface area contributed by atoms with Gasteiger partial charge in [-0.05, 0) is 56.3 Å². The lowest BCUT2D eigenvalue weighted by Gasteiger charge is -2.55. The van der Waals surface area contributed by atoms with Crippen LogP contribution in [-0.4, -0.2) is 51.4 Å². The molecule has 4 rings (SSSR count). The van der Waals surface area contributed by atoms with E-state index in [4.69, 9.17) is 9.84 Å². The van der Waals surface area contributed by atoms with Gasteiger partial charge >= 0.3 is 11.9 Å². The third-order valence-corrected chi connectivity index (χ3v) is 9.38. The van der Waals surface area contributed by atoms with Crippen LogP contribution in [0.5, 0.6) is 0 Å². The summed E-state index contributed by atoms with van der Waals surface area (Å²) in [5.41, 5.74) is 0.400. The first kappa shape index (κ1) is 24.1. The summed E-state index contributed by atoms with van der Waals surface area (Å²) in [4.78, 5) is 35.8. The van der Waals surface area contributed by atoms with Crippen molar-refractivity contribution in [2.45, 2.75) is 83.8 Å². The minimum atomic E-state index is -1.60. The second-order valence-electron chi connectivity index (χ2n) is 11.0. The second-order valence-corrected chi connectivity index (χ2v) is 11.0. The predicted molar refractivity (Wildman–Crippen MR) is 120 cm³/mol. The van der Waals surface area contributed by atoms with Crippen molar-refractivity contribution in [3.8, 4) is 0 Å². The standard InChI is InChI=1S/C26H36O7/c1-15-12-20-18-5-4-16-13-17(27)8-10-24(16,2)19(18)9-11-25(20,3)26(15,32)21(28)14-33-23(31)7-6-22(29)30/h9,13,15,17-18,20,27,32H,4-8,10-12,14H2,1-3H3,(H,29,30)/t15-,17?,18?,20?,24-,25-,26-/m0/s1. The van der Waals surface area contributed by atoms with E-state index in [0.717, 1.165) is 32.1 Å². The normalized spacial score (nSPS) is 41.7. The monoisotopic (exact) mass is 460 g/mol. The Kier molecular flexibility index (Phi) is 6.11. The Labute approximate surface area is 194 Å². The number of ether oxygens (including phenoxy) is 1. The van der Waals surface area contributed by atoms with Crippen LogP contribution in [-0.2, 0) is 19.1 Å². The molecule has 7 heteroatoms. The fourth-order valence-corrected chi connectivity index (χ4v) is 7.48. The van der Waals surface area contributed by atoms with Crippen molar-refractivity contribution in [3.05, 3.63) is 23.3 Å². The molecular formula is C26H36O7. The third kappa shape index (κ3) is 3.68. The van der Waals surface area contributed by atoms with Gasteiger partial charge in [0, 0.05) is 10.8 Å². The minimum absolute atomic E-state index is 0.0584. The number of esters is 1. The summed E-state index contributed by atoms with van der Waals surface area (Å²) in [6, 6.07) is 0. The Hall–Kier alpha value is -1.99. The molecule has 0 radical (unpaired) electrons. The molecule has 0 bridgehead atoms. The van der Waals surface area contributed by atoms with Crippen LogP contribution in [0.3, 0.4) is 0 Å². The number of fused-ring (bicyclic) bond motifs is 5. The lowest BCUT2D eigenvalue weighted by Crippen LogP contribution is -2.57. The highest BCUT2D eigenvalue weighted by atomic mass is 16.5. The van der Waals surface area contributed by atoms with E-state index >= 15 is 0 Å². The van der Waals surface area contributed by atoms with Crippen LogP contribution in [0.4, 0.5) is 0 Å². The van der Waals surface area contributed by atoms with E-state index in [0.29, 0.717) is 6.42 Å². The molecule has 182 valence electrons. The van der Waals surface area contributed by atoms with Crippen LogP contribution in [0.1, 0.15) is 72.1 Å². The van der Waals surface area contributed by atoms with E-state index in [1.807, 2.05) is 19.9 Å². The van der Waals surface area contributed by atoms with E-state index in [1.165, 1.54) is 11.1 Å². The predicted octanol–water partition coefficient (Wildman–Crippen LogP) is 3.18. The quantitative estimate of drug-likeness (QED) is 0.411. The second kappa shape index (κ2) is 8.35. The summed E-state index contributed by atoms with van der Waals surface area (Å²) in [7, 11) is 0. The average Bonchev–Trinajstić information content (AvgIpc) is 2.98. The Morgan fingerprint density at radius 2 is 1.91 bits per heavy atom. The van der Waals surface area contributed by atoms with Crippen LogP contribution in [0.15, 0.2) is 23.3 Å². The molecule has 33 heavy (non-hydrogen) atoms. The van der Waals surface area contributed by atoms with Gasteiger partial charge < -0.3 is 20.1 Å². The topological polar surface area (TPSA) is 121 Å². The van der Waals surface area contributed by atoms with Gasteiger partial charge in [-0.2, -0.15) is 0 Å². The summed E-state index contributed by atoms with van der Waals surface area (Å²) in [5, 5.41) is 30.7. The Morgan fingerprint density at radius 1 is 1.18 bits per heavy atom. The first-order valence-electron chi connectivity index (χ1n) is 12.2. The molecule has 3 unspecified atom stereocenters. The third-order valence-electron chi connectivity index (χ3n) is 9.38. The number of rotatable bonds is 6. The molecule has 0 aromatic heterocycles. The first-order chi connectivity index (χ1) is 15.4. The summed E-state index contributed by atoms with van der Waals surface area (Å²) in [5.74, 6) is -2.19. The highest BCUT2D eigenvalue weighted by Crippen LogP contribution is 2.67. The Bertz CT molecular complexity index is 920. The maximum atomic E-state index is 13.3. The maximum Gasteiger partial charge on any atom is 0.306 e. The molecule has 0 aromatic carbocycles. The molecule has 4 aliphatic rings. The van der Waals surface area contributed by atoms with Crippen molar-refractivity contribution in [1.82, 2.24) is 0 Å². The highest BCUT2D eigenvalue weighted by molar-refractivity contribution is 5.91. The van der Waals surface area contributed by atoms with E-state index < -0.39 is 35.3 Å². The van der Waals surface area contributed by atoms with Crippen LogP contribution in [0.2, 0.25) is 0 Å². The zero-order valence-electron chi connectivity index (χ0n) is 19.8. The largest absolute Gasteiger partial charge is 0.481 e. The molecule has 0 spiro atoms. The first-order valence-corrected chi connectivity index (χ1v) is 12.2. The lowest BCUT2D eigenvalue weighted by atomic mass is 9.50. The Balaban J connectivity index is 1.56. The molecule has 7 atom stereocenters. The number of carboxylic acid groups (broad SMARTS) is 1. The van der Waals surface area contributed by atoms with Crippen LogP contribution >= 0.6 is 0 Å². The van der Waals surface area contributed by atoms with Crippen molar-refractivity contribution in [3.63, 3.8) is 0 Å². The van der Waals surface area contributed by atoms with Gasteiger partial charge in [0.15, 0.2) is 6.61 Å². The van der Waals surface area contributed by atoms with Gasteiger partial charge in [0.25, 0.3) is 0 Å². The number of Topliss-reactive ketones (excluding diaryl/α,β-unsaturated/α-hetero) is 1. The molecule has 7 nitrogen and oxygen atoms in total. The summed E-state index contributed by atoms with van der Waals surface area (Å²) < 4.78 is 5.05.